The fraction of sp³-hybridized carbons (Fsp3) is 0.200. The second-order valence-electron chi connectivity index (χ2n) is 6.12. The Bertz CT molecular complexity index is 908. The van der Waals surface area contributed by atoms with Gasteiger partial charge in [0.1, 0.15) is 5.69 Å². The van der Waals surface area contributed by atoms with Crippen LogP contribution in [0.2, 0.25) is 0 Å². The van der Waals surface area contributed by atoms with Gasteiger partial charge in [0.25, 0.3) is 5.91 Å². The summed E-state index contributed by atoms with van der Waals surface area (Å²) in [6, 6.07) is 17.8. The molecule has 0 aliphatic heterocycles. The van der Waals surface area contributed by atoms with Crippen molar-refractivity contribution < 1.29 is 4.79 Å². The quantitative estimate of drug-likeness (QED) is 0.708. The molecule has 128 valence electrons. The van der Waals surface area contributed by atoms with E-state index in [1.165, 1.54) is 0 Å². The molecule has 2 aromatic carbocycles. The molecule has 1 N–H and O–H groups in total. The summed E-state index contributed by atoms with van der Waals surface area (Å²) in [7, 11) is 3.96. The first-order valence-electron chi connectivity index (χ1n) is 8.14. The summed E-state index contributed by atoms with van der Waals surface area (Å²) in [5.41, 5.74) is 3.05. The highest BCUT2D eigenvalue weighted by Crippen LogP contribution is 2.32. The van der Waals surface area contributed by atoms with Gasteiger partial charge in [-0.1, -0.05) is 52.3 Å². The number of likely N-dealkylation sites (N-methyl/N-ethyl adjacent to an activating group) is 1. The molecule has 1 heterocycles. The molecule has 0 aliphatic rings. The molecule has 3 aromatic rings. The molecule has 0 radical (unpaired) electrons. The number of halogens is 1. The van der Waals surface area contributed by atoms with Crippen LogP contribution in [0.3, 0.4) is 0 Å². The Hall–Kier alpha value is -2.24. The topological polar surface area (TPSA) is 45.2 Å². The maximum absolute atomic E-state index is 12.8. The molecule has 0 atom stereocenters. The van der Waals surface area contributed by atoms with Gasteiger partial charge < -0.3 is 10.2 Å². The smallest absolute Gasteiger partial charge is 0.270 e. The van der Waals surface area contributed by atoms with Crippen molar-refractivity contribution >= 4 is 32.7 Å². The molecule has 4 nitrogen and oxygen atoms in total. The second kappa shape index (κ2) is 7.76. The SMILES string of the molecule is CN(C)CCNC(=O)c1nc2ccccc2cc1-c1ccccc1Br. The predicted molar refractivity (Wildman–Crippen MR) is 106 cm³/mol. The summed E-state index contributed by atoms with van der Waals surface area (Å²) in [6.45, 7) is 1.36. The Morgan fingerprint density at radius 3 is 2.56 bits per heavy atom. The van der Waals surface area contributed by atoms with Crippen molar-refractivity contribution in [2.75, 3.05) is 27.2 Å². The molecular formula is C20H20BrN3O. The Labute approximate surface area is 156 Å². The minimum Gasteiger partial charge on any atom is -0.349 e. The second-order valence-corrected chi connectivity index (χ2v) is 6.97. The molecule has 0 saturated heterocycles. The minimum absolute atomic E-state index is 0.154. The van der Waals surface area contributed by atoms with E-state index in [2.05, 4.69) is 26.2 Å². The normalized spacial score (nSPS) is 11.0. The number of amides is 1. The van der Waals surface area contributed by atoms with Crippen molar-refractivity contribution in [3.8, 4) is 11.1 Å². The van der Waals surface area contributed by atoms with Crippen molar-refractivity contribution in [2.24, 2.45) is 0 Å². The van der Waals surface area contributed by atoms with E-state index >= 15 is 0 Å². The third-order valence-corrected chi connectivity index (χ3v) is 4.64. The highest BCUT2D eigenvalue weighted by atomic mass is 79.9. The van der Waals surface area contributed by atoms with Crippen LogP contribution in [0.5, 0.6) is 0 Å². The van der Waals surface area contributed by atoms with Crippen LogP contribution in [0.15, 0.2) is 59.1 Å². The lowest BCUT2D eigenvalue weighted by molar-refractivity contribution is 0.0947. The molecule has 0 fully saturated rings. The lowest BCUT2D eigenvalue weighted by Crippen LogP contribution is -2.32. The lowest BCUT2D eigenvalue weighted by Gasteiger charge is -2.14. The number of rotatable bonds is 5. The van der Waals surface area contributed by atoms with Crippen LogP contribution in [-0.2, 0) is 0 Å². The number of benzene rings is 2. The largest absolute Gasteiger partial charge is 0.349 e. The number of fused-ring (bicyclic) bond motifs is 1. The van der Waals surface area contributed by atoms with Crippen molar-refractivity contribution in [3.05, 3.63) is 64.8 Å². The molecule has 0 spiro atoms. The van der Waals surface area contributed by atoms with Crippen molar-refractivity contribution in [2.45, 2.75) is 0 Å². The summed E-state index contributed by atoms with van der Waals surface area (Å²) in [5.74, 6) is -0.154. The summed E-state index contributed by atoms with van der Waals surface area (Å²) < 4.78 is 0.939. The average Bonchev–Trinajstić information content (AvgIpc) is 2.60. The monoisotopic (exact) mass is 397 g/mol. The van der Waals surface area contributed by atoms with Gasteiger partial charge >= 0.3 is 0 Å². The predicted octanol–water partition coefficient (Wildman–Crippen LogP) is 3.96. The van der Waals surface area contributed by atoms with Gasteiger partial charge in [-0.25, -0.2) is 4.98 Å². The van der Waals surface area contributed by atoms with E-state index in [1.807, 2.05) is 73.6 Å². The zero-order valence-electron chi connectivity index (χ0n) is 14.3. The van der Waals surface area contributed by atoms with Crippen molar-refractivity contribution in [1.82, 2.24) is 15.2 Å². The van der Waals surface area contributed by atoms with Gasteiger partial charge in [-0.05, 0) is 37.9 Å². The number of hydrogen-bond donors (Lipinski definition) is 1. The number of aromatic nitrogens is 1. The van der Waals surface area contributed by atoms with E-state index in [-0.39, 0.29) is 5.91 Å². The molecule has 1 aromatic heterocycles. The number of nitrogens with one attached hydrogen (secondary N) is 1. The summed E-state index contributed by atoms with van der Waals surface area (Å²) in [5, 5.41) is 3.98. The molecular weight excluding hydrogens is 378 g/mol. The third-order valence-electron chi connectivity index (χ3n) is 3.95. The Morgan fingerprint density at radius 2 is 1.80 bits per heavy atom. The van der Waals surface area contributed by atoms with E-state index < -0.39 is 0 Å². The number of carbonyl (C=O) groups is 1. The van der Waals surface area contributed by atoms with Crippen molar-refractivity contribution in [3.63, 3.8) is 0 Å². The number of pyridine rings is 1. The lowest BCUT2D eigenvalue weighted by atomic mass is 10.0. The molecule has 0 bridgehead atoms. The fourth-order valence-corrected chi connectivity index (χ4v) is 3.15. The number of para-hydroxylation sites is 1. The zero-order valence-corrected chi connectivity index (χ0v) is 15.9. The van der Waals surface area contributed by atoms with Gasteiger partial charge in [-0.15, -0.1) is 0 Å². The van der Waals surface area contributed by atoms with Gasteiger partial charge in [0, 0.05) is 28.5 Å². The Kier molecular flexibility index (Phi) is 5.46. The Balaban J connectivity index is 2.07. The van der Waals surface area contributed by atoms with E-state index in [0.717, 1.165) is 33.0 Å². The number of carbonyl (C=O) groups excluding carboxylic acids is 1. The highest BCUT2D eigenvalue weighted by Gasteiger charge is 2.17. The van der Waals surface area contributed by atoms with Gasteiger partial charge in [-0.3, -0.25) is 4.79 Å². The Morgan fingerprint density at radius 1 is 1.08 bits per heavy atom. The van der Waals surface area contributed by atoms with Gasteiger partial charge in [0.2, 0.25) is 0 Å². The van der Waals surface area contributed by atoms with Gasteiger partial charge in [-0.2, -0.15) is 0 Å². The minimum atomic E-state index is -0.154. The van der Waals surface area contributed by atoms with Crippen LogP contribution >= 0.6 is 15.9 Å². The standard InChI is InChI=1S/C20H20BrN3O/c1-24(2)12-11-22-20(25)19-16(15-8-4-5-9-17(15)21)13-14-7-3-6-10-18(14)23-19/h3-10,13H,11-12H2,1-2H3,(H,22,25). The van der Waals surface area contributed by atoms with Crippen LogP contribution in [-0.4, -0.2) is 43.0 Å². The van der Waals surface area contributed by atoms with E-state index in [9.17, 15) is 4.79 Å². The first-order chi connectivity index (χ1) is 12.1. The number of hydrogen-bond acceptors (Lipinski definition) is 3. The molecule has 5 heteroatoms. The van der Waals surface area contributed by atoms with E-state index in [0.29, 0.717) is 12.2 Å². The molecule has 0 saturated carbocycles. The van der Waals surface area contributed by atoms with Crippen LogP contribution in [0.1, 0.15) is 10.5 Å². The van der Waals surface area contributed by atoms with Crippen LogP contribution in [0.4, 0.5) is 0 Å². The molecule has 1 amide bonds. The zero-order chi connectivity index (χ0) is 17.8. The first kappa shape index (κ1) is 17.6. The van der Waals surface area contributed by atoms with Crippen LogP contribution < -0.4 is 5.32 Å². The summed E-state index contributed by atoms with van der Waals surface area (Å²) in [4.78, 5) is 19.4. The molecule has 0 aliphatic carbocycles. The molecule has 3 rings (SSSR count). The maximum atomic E-state index is 12.8. The van der Waals surface area contributed by atoms with Gasteiger partial charge in [0.15, 0.2) is 0 Å². The van der Waals surface area contributed by atoms with Crippen LogP contribution in [0, 0.1) is 0 Å². The van der Waals surface area contributed by atoms with E-state index in [1.54, 1.807) is 0 Å². The van der Waals surface area contributed by atoms with Gasteiger partial charge in [0.05, 0.1) is 5.52 Å². The summed E-state index contributed by atoms with van der Waals surface area (Å²) >= 11 is 3.59. The molecule has 0 unspecified atom stereocenters. The fourth-order valence-electron chi connectivity index (χ4n) is 2.65. The summed E-state index contributed by atoms with van der Waals surface area (Å²) in [6.07, 6.45) is 0. The van der Waals surface area contributed by atoms with E-state index in [4.69, 9.17) is 0 Å². The van der Waals surface area contributed by atoms with Crippen LogP contribution in [0.25, 0.3) is 22.0 Å². The average molecular weight is 398 g/mol. The molecule has 25 heavy (non-hydrogen) atoms. The highest BCUT2D eigenvalue weighted by molar-refractivity contribution is 9.10. The third kappa shape index (κ3) is 4.06. The number of nitrogens with zero attached hydrogens (tertiary/aromatic N) is 2. The first-order valence-corrected chi connectivity index (χ1v) is 8.93. The van der Waals surface area contributed by atoms with Crippen molar-refractivity contribution in [1.29, 1.82) is 0 Å². The maximum Gasteiger partial charge on any atom is 0.270 e.